The fraction of sp³-hybridized carbons (Fsp3) is 0.400. The van der Waals surface area contributed by atoms with E-state index in [2.05, 4.69) is 21.7 Å². The molecule has 0 aromatic carbocycles. The van der Waals surface area contributed by atoms with Gasteiger partial charge in [-0.15, -0.1) is 6.58 Å². The van der Waals surface area contributed by atoms with Crippen molar-refractivity contribution in [1.29, 1.82) is 0 Å². The number of anilines is 1. The highest BCUT2D eigenvalue weighted by atomic mass is 35.5. The van der Waals surface area contributed by atoms with Gasteiger partial charge in [-0.1, -0.05) is 17.7 Å². The summed E-state index contributed by atoms with van der Waals surface area (Å²) in [5, 5.41) is 6.75. The van der Waals surface area contributed by atoms with Crippen LogP contribution in [0.5, 0.6) is 0 Å². The van der Waals surface area contributed by atoms with Crippen LogP contribution in [0.3, 0.4) is 0 Å². The highest BCUT2D eigenvalue weighted by Crippen LogP contribution is 2.14. The normalized spacial score (nSPS) is 11.3. The first kappa shape index (κ1) is 15.7. The second-order valence-electron chi connectivity index (χ2n) is 3.74. The lowest BCUT2D eigenvalue weighted by Crippen LogP contribution is -2.29. The van der Waals surface area contributed by atoms with Gasteiger partial charge in [-0.05, 0) is 0 Å². The standard InChI is InChI=1S/C10H15ClN4O3S/c1-3-6-15-10(16)9(11)8(7-13-15)12-4-5-14-19(2,17)18/h3,7,12,14H,1,4-6H2,2H3. The van der Waals surface area contributed by atoms with Gasteiger partial charge in [0.15, 0.2) is 0 Å². The smallest absolute Gasteiger partial charge is 0.287 e. The number of hydrogen-bond donors (Lipinski definition) is 2. The fourth-order valence-corrected chi connectivity index (χ4v) is 1.96. The largest absolute Gasteiger partial charge is 0.381 e. The van der Waals surface area contributed by atoms with E-state index < -0.39 is 15.6 Å². The molecule has 1 aromatic heterocycles. The van der Waals surface area contributed by atoms with Gasteiger partial charge >= 0.3 is 0 Å². The maximum atomic E-state index is 11.7. The van der Waals surface area contributed by atoms with Gasteiger partial charge in [0.05, 0.1) is 24.7 Å². The van der Waals surface area contributed by atoms with E-state index in [4.69, 9.17) is 11.6 Å². The molecule has 0 amide bonds. The van der Waals surface area contributed by atoms with Crippen molar-refractivity contribution in [3.63, 3.8) is 0 Å². The average molecular weight is 307 g/mol. The summed E-state index contributed by atoms with van der Waals surface area (Å²) in [4.78, 5) is 11.7. The summed E-state index contributed by atoms with van der Waals surface area (Å²) in [6.45, 7) is 4.26. The van der Waals surface area contributed by atoms with Gasteiger partial charge in [0.25, 0.3) is 5.56 Å². The van der Waals surface area contributed by atoms with E-state index in [0.717, 1.165) is 6.26 Å². The Kier molecular flexibility index (Phi) is 5.52. The average Bonchev–Trinajstić information content (AvgIpc) is 2.32. The van der Waals surface area contributed by atoms with Crippen LogP contribution in [0.25, 0.3) is 0 Å². The van der Waals surface area contributed by atoms with E-state index in [1.807, 2.05) is 0 Å². The molecule has 0 atom stereocenters. The predicted molar refractivity (Wildman–Crippen MR) is 75.0 cm³/mol. The first-order valence-corrected chi connectivity index (χ1v) is 7.67. The quantitative estimate of drug-likeness (QED) is 0.548. The van der Waals surface area contributed by atoms with Crippen LogP contribution in [0.1, 0.15) is 0 Å². The van der Waals surface area contributed by atoms with Crippen LogP contribution in [0.15, 0.2) is 23.6 Å². The first-order valence-electron chi connectivity index (χ1n) is 5.40. The predicted octanol–water partition coefficient (Wildman–Crippen LogP) is 0.0438. The molecule has 0 fully saturated rings. The zero-order valence-corrected chi connectivity index (χ0v) is 12.0. The zero-order chi connectivity index (χ0) is 14.5. The molecule has 0 saturated carbocycles. The van der Waals surface area contributed by atoms with Crippen LogP contribution in [0.4, 0.5) is 5.69 Å². The molecule has 0 bridgehead atoms. The summed E-state index contributed by atoms with van der Waals surface area (Å²) in [5.41, 5.74) is -0.0649. The summed E-state index contributed by atoms with van der Waals surface area (Å²) in [7, 11) is -3.23. The summed E-state index contributed by atoms with van der Waals surface area (Å²) in [5.74, 6) is 0. The molecule has 2 N–H and O–H groups in total. The third-order valence-electron chi connectivity index (χ3n) is 2.09. The Bertz CT molecular complexity index is 612. The molecule has 0 unspecified atom stereocenters. The third kappa shape index (κ3) is 5.01. The molecule has 0 aliphatic heterocycles. The van der Waals surface area contributed by atoms with Crippen molar-refractivity contribution < 1.29 is 8.42 Å². The van der Waals surface area contributed by atoms with E-state index in [-0.39, 0.29) is 18.1 Å². The molecule has 0 radical (unpaired) electrons. The van der Waals surface area contributed by atoms with E-state index in [9.17, 15) is 13.2 Å². The number of halogens is 1. The lowest BCUT2D eigenvalue weighted by Gasteiger charge is -2.09. The first-order chi connectivity index (χ1) is 8.85. The molecule has 0 spiro atoms. The van der Waals surface area contributed by atoms with Crippen molar-refractivity contribution in [2.45, 2.75) is 6.54 Å². The Hall–Kier alpha value is -1.38. The van der Waals surface area contributed by atoms with Crippen molar-refractivity contribution in [3.05, 3.63) is 34.2 Å². The summed E-state index contributed by atoms with van der Waals surface area (Å²) in [6.07, 6.45) is 4.01. The van der Waals surface area contributed by atoms with Crippen LogP contribution in [-0.2, 0) is 16.6 Å². The van der Waals surface area contributed by atoms with Crippen LogP contribution < -0.4 is 15.6 Å². The minimum Gasteiger partial charge on any atom is -0.381 e. The number of aromatic nitrogens is 2. The summed E-state index contributed by atoms with van der Waals surface area (Å²) >= 11 is 5.89. The molecular weight excluding hydrogens is 292 g/mol. The van der Waals surface area contributed by atoms with E-state index in [1.54, 1.807) is 0 Å². The van der Waals surface area contributed by atoms with E-state index in [1.165, 1.54) is 17.0 Å². The van der Waals surface area contributed by atoms with Crippen molar-refractivity contribution in [1.82, 2.24) is 14.5 Å². The van der Waals surface area contributed by atoms with Crippen LogP contribution in [-0.4, -0.2) is 37.5 Å². The Morgan fingerprint density at radius 2 is 2.21 bits per heavy atom. The Morgan fingerprint density at radius 3 is 2.79 bits per heavy atom. The fourth-order valence-electron chi connectivity index (χ4n) is 1.27. The van der Waals surface area contributed by atoms with Gasteiger partial charge in [-0.3, -0.25) is 4.79 Å². The number of allylic oxidation sites excluding steroid dienone is 1. The van der Waals surface area contributed by atoms with E-state index in [0.29, 0.717) is 12.2 Å². The molecule has 0 saturated heterocycles. The van der Waals surface area contributed by atoms with Crippen molar-refractivity contribution in [3.8, 4) is 0 Å². The van der Waals surface area contributed by atoms with Gasteiger partial charge in [-0.2, -0.15) is 5.10 Å². The van der Waals surface area contributed by atoms with Gasteiger partial charge in [0, 0.05) is 13.1 Å². The van der Waals surface area contributed by atoms with Crippen molar-refractivity contribution in [2.75, 3.05) is 24.7 Å². The van der Waals surface area contributed by atoms with Crippen LogP contribution in [0, 0.1) is 0 Å². The van der Waals surface area contributed by atoms with Gasteiger partial charge < -0.3 is 5.32 Å². The molecule has 106 valence electrons. The molecule has 1 aromatic rings. The van der Waals surface area contributed by atoms with Crippen LogP contribution >= 0.6 is 11.6 Å². The second-order valence-corrected chi connectivity index (χ2v) is 5.95. The Morgan fingerprint density at radius 1 is 1.53 bits per heavy atom. The molecule has 19 heavy (non-hydrogen) atoms. The van der Waals surface area contributed by atoms with Gasteiger partial charge in [0.1, 0.15) is 5.02 Å². The minimum atomic E-state index is -3.23. The number of nitrogens with zero attached hydrogens (tertiary/aromatic N) is 2. The lowest BCUT2D eigenvalue weighted by molar-refractivity contribution is 0.589. The summed E-state index contributed by atoms with van der Waals surface area (Å²) in [6, 6.07) is 0. The highest BCUT2D eigenvalue weighted by Gasteiger charge is 2.08. The SMILES string of the molecule is C=CCn1ncc(NCCNS(C)(=O)=O)c(Cl)c1=O. The van der Waals surface area contributed by atoms with Crippen molar-refractivity contribution >= 4 is 27.3 Å². The molecular formula is C10H15ClN4O3S. The minimum absolute atomic E-state index is 0.0104. The maximum Gasteiger partial charge on any atom is 0.287 e. The van der Waals surface area contributed by atoms with E-state index >= 15 is 0 Å². The van der Waals surface area contributed by atoms with Gasteiger partial charge in [-0.25, -0.2) is 17.8 Å². The van der Waals surface area contributed by atoms with Crippen molar-refractivity contribution in [2.24, 2.45) is 0 Å². The molecule has 0 aliphatic carbocycles. The third-order valence-corrected chi connectivity index (χ3v) is 3.19. The number of rotatable bonds is 7. The topological polar surface area (TPSA) is 93.1 Å². The molecule has 9 heteroatoms. The van der Waals surface area contributed by atoms with Crippen LogP contribution in [0.2, 0.25) is 5.02 Å². The molecule has 7 nitrogen and oxygen atoms in total. The monoisotopic (exact) mass is 306 g/mol. The lowest BCUT2D eigenvalue weighted by atomic mass is 10.4. The number of hydrogen-bond acceptors (Lipinski definition) is 5. The number of sulfonamides is 1. The highest BCUT2D eigenvalue weighted by molar-refractivity contribution is 7.88. The zero-order valence-electron chi connectivity index (χ0n) is 10.4. The molecule has 1 heterocycles. The Balaban J connectivity index is 2.68. The van der Waals surface area contributed by atoms with Gasteiger partial charge in [0.2, 0.25) is 10.0 Å². The maximum absolute atomic E-state index is 11.7. The number of nitrogens with one attached hydrogen (secondary N) is 2. The second kappa shape index (κ2) is 6.69. The molecule has 0 aliphatic rings. The Labute approximate surface area is 116 Å². The molecule has 1 rings (SSSR count). The summed E-state index contributed by atoms with van der Waals surface area (Å²) < 4.78 is 25.2.